The lowest BCUT2D eigenvalue weighted by Gasteiger charge is -2.37. The minimum Gasteiger partial charge on any atom is -0.379 e. The van der Waals surface area contributed by atoms with Crippen molar-refractivity contribution >= 4 is 0 Å². The van der Waals surface area contributed by atoms with Crippen LogP contribution in [0, 0.1) is 0 Å². The Morgan fingerprint density at radius 1 is 1.10 bits per heavy atom. The van der Waals surface area contributed by atoms with E-state index in [0.717, 1.165) is 26.0 Å². The predicted octanol–water partition coefficient (Wildman–Crippen LogP) is 3.66. The highest BCUT2D eigenvalue weighted by atomic mass is 16.5. The number of likely N-dealkylation sites (N-methyl/N-ethyl adjacent to an activating group) is 1. The van der Waals surface area contributed by atoms with Crippen molar-refractivity contribution in [2.75, 3.05) is 26.4 Å². The van der Waals surface area contributed by atoms with E-state index in [4.69, 9.17) is 9.47 Å². The molecule has 1 N–H and O–H groups in total. The molecule has 0 aliphatic heterocycles. The van der Waals surface area contributed by atoms with Crippen molar-refractivity contribution in [2.45, 2.75) is 51.7 Å². The van der Waals surface area contributed by atoms with E-state index in [1.807, 2.05) is 0 Å². The van der Waals surface area contributed by atoms with Crippen LogP contribution < -0.4 is 5.32 Å². The summed E-state index contributed by atoms with van der Waals surface area (Å²) >= 11 is 0. The molecule has 21 heavy (non-hydrogen) atoms. The molecular weight excluding hydrogens is 262 g/mol. The van der Waals surface area contributed by atoms with Crippen LogP contribution in [0.25, 0.3) is 0 Å². The van der Waals surface area contributed by atoms with Crippen molar-refractivity contribution in [2.24, 2.45) is 0 Å². The Bertz CT molecular complexity index is 421. The van der Waals surface area contributed by atoms with Gasteiger partial charge in [0, 0.05) is 6.61 Å². The molecule has 1 aliphatic rings. The third-order valence-electron chi connectivity index (χ3n) is 4.15. The van der Waals surface area contributed by atoms with Crippen molar-refractivity contribution in [3.63, 3.8) is 0 Å². The van der Waals surface area contributed by atoms with Crippen LogP contribution in [-0.4, -0.2) is 32.5 Å². The summed E-state index contributed by atoms with van der Waals surface area (Å²) in [4.78, 5) is 0. The molecule has 0 bridgehead atoms. The molecule has 3 nitrogen and oxygen atoms in total. The SMILES string of the molecule is CCCOCCOC1CC(C)c2ccccc2C1NCC. The van der Waals surface area contributed by atoms with Crippen LogP contribution in [0.15, 0.2) is 24.3 Å². The molecule has 0 fully saturated rings. The standard InChI is InChI=1S/C18H29NO2/c1-4-10-20-11-12-21-17-13-14(3)15-8-6-7-9-16(15)18(17)19-5-2/h6-9,14,17-19H,4-5,10-13H2,1-3H3. The normalized spacial score (nSPS) is 24.8. The van der Waals surface area contributed by atoms with Gasteiger partial charge in [-0.2, -0.15) is 0 Å². The number of benzene rings is 1. The van der Waals surface area contributed by atoms with Gasteiger partial charge < -0.3 is 14.8 Å². The van der Waals surface area contributed by atoms with Crippen LogP contribution in [0.4, 0.5) is 0 Å². The highest BCUT2D eigenvalue weighted by Gasteiger charge is 2.32. The van der Waals surface area contributed by atoms with Crippen molar-refractivity contribution in [1.82, 2.24) is 5.32 Å². The fourth-order valence-electron chi connectivity index (χ4n) is 3.19. The van der Waals surface area contributed by atoms with E-state index in [-0.39, 0.29) is 6.10 Å². The predicted molar refractivity (Wildman–Crippen MR) is 86.7 cm³/mol. The van der Waals surface area contributed by atoms with Crippen molar-refractivity contribution in [3.05, 3.63) is 35.4 Å². The summed E-state index contributed by atoms with van der Waals surface area (Å²) in [5, 5.41) is 3.60. The Labute approximate surface area is 129 Å². The molecule has 0 aromatic heterocycles. The summed E-state index contributed by atoms with van der Waals surface area (Å²) in [6, 6.07) is 9.06. The van der Waals surface area contributed by atoms with Gasteiger partial charge in [0.1, 0.15) is 0 Å². The number of fused-ring (bicyclic) bond motifs is 1. The van der Waals surface area contributed by atoms with Crippen LogP contribution in [-0.2, 0) is 9.47 Å². The summed E-state index contributed by atoms with van der Waals surface area (Å²) in [7, 11) is 0. The van der Waals surface area contributed by atoms with Gasteiger partial charge in [0.25, 0.3) is 0 Å². The first-order chi connectivity index (χ1) is 10.3. The van der Waals surface area contributed by atoms with E-state index in [9.17, 15) is 0 Å². The van der Waals surface area contributed by atoms with Crippen molar-refractivity contribution in [1.29, 1.82) is 0 Å². The lowest BCUT2D eigenvalue weighted by molar-refractivity contribution is -0.0216. The third-order valence-corrected chi connectivity index (χ3v) is 4.15. The number of ether oxygens (including phenoxy) is 2. The monoisotopic (exact) mass is 291 g/mol. The molecule has 0 radical (unpaired) electrons. The van der Waals surface area contributed by atoms with Crippen LogP contribution in [0.3, 0.4) is 0 Å². The van der Waals surface area contributed by atoms with E-state index in [0.29, 0.717) is 25.2 Å². The second kappa shape index (κ2) is 8.52. The summed E-state index contributed by atoms with van der Waals surface area (Å²) in [5.41, 5.74) is 2.86. The lowest BCUT2D eigenvalue weighted by Crippen LogP contribution is -2.39. The van der Waals surface area contributed by atoms with Gasteiger partial charge in [0.2, 0.25) is 0 Å². The number of hydrogen-bond acceptors (Lipinski definition) is 3. The van der Waals surface area contributed by atoms with Gasteiger partial charge in [-0.15, -0.1) is 0 Å². The Morgan fingerprint density at radius 2 is 1.86 bits per heavy atom. The Balaban J connectivity index is 2.00. The van der Waals surface area contributed by atoms with E-state index < -0.39 is 0 Å². The fourth-order valence-corrected chi connectivity index (χ4v) is 3.19. The molecule has 0 amide bonds. The molecule has 3 heteroatoms. The first-order valence-electron chi connectivity index (χ1n) is 8.29. The first-order valence-corrected chi connectivity index (χ1v) is 8.29. The van der Waals surface area contributed by atoms with E-state index in [1.165, 1.54) is 11.1 Å². The molecule has 2 rings (SSSR count). The largest absolute Gasteiger partial charge is 0.379 e. The van der Waals surface area contributed by atoms with Gasteiger partial charge in [-0.3, -0.25) is 0 Å². The minimum absolute atomic E-state index is 0.236. The summed E-state index contributed by atoms with van der Waals surface area (Å²) < 4.78 is 11.7. The van der Waals surface area contributed by atoms with Gasteiger partial charge in [-0.25, -0.2) is 0 Å². The smallest absolute Gasteiger partial charge is 0.0776 e. The topological polar surface area (TPSA) is 30.5 Å². The maximum atomic E-state index is 6.13. The van der Waals surface area contributed by atoms with Crippen LogP contribution in [0.5, 0.6) is 0 Å². The van der Waals surface area contributed by atoms with Gasteiger partial charge in [0.05, 0.1) is 25.4 Å². The zero-order chi connectivity index (χ0) is 15.1. The zero-order valence-electron chi connectivity index (χ0n) is 13.6. The van der Waals surface area contributed by atoms with E-state index >= 15 is 0 Å². The zero-order valence-corrected chi connectivity index (χ0v) is 13.6. The Morgan fingerprint density at radius 3 is 2.57 bits per heavy atom. The Kier molecular flexibility index (Phi) is 6.68. The van der Waals surface area contributed by atoms with Crippen LogP contribution >= 0.6 is 0 Å². The number of rotatable bonds is 8. The molecule has 0 heterocycles. The molecule has 1 aliphatic carbocycles. The molecule has 1 aromatic carbocycles. The summed E-state index contributed by atoms with van der Waals surface area (Å²) in [6.07, 6.45) is 2.37. The van der Waals surface area contributed by atoms with E-state index in [1.54, 1.807) is 0 Å². The first kappa shape index (κ1) is 16.5. The Hall–Kier alpha value is -0.900. The second-order valence-electron chi connectivity index (χ2n) is 5.82. The van der Waals surface area contributed by atoms with Gasteiger partial charge in [0.15, 0.2) is 0 Å². The maximum absolute atomic E-state index is 6.13. The van der Waals surface area contributed by atoms with Gasteiger partial charge >= 0.3 is 0 Å². The van der Waals surface area contributed by atoms with Crippen molar-refractivity contribution in [3.8, 4) is 0 Å². The quantitative estimate of drug-likeness (QED) is 0.742. The molecule has 0 saturated heterocycles. The number of hydrogen-bond donors (Lipinski definition) is 1. The maximum Gasteiger partial charge on any atom is 0.0776 e. The highest BCUT2D eigenvalue weighted by Crippen LogP contribution is 2.38. The molecular formula is C18H29NO2. The minimum atomic E-state index is 0.236. The average molecular weight is 291 g/mol. The molecule has 118 valence electrons. The molecule has 3 unspecified atom stereocenters. The third kappa shape index (κ3) is 4.29. The average Bonchev–Trinajstić information content (AvgIpc) is 2.51. The molecule has 0 saturated carbocycles. The lowest BCUT2D eigenvalue weighted by atomic mass is 9.79. The van der Waals surface area contributed by atoms with Crippen LogP contribution in [0.2, 0.25) is 0 Å². The van der Waals surface area contributed by atoms with Crippen LogP contribution in [0.1, 0.15) is 56.7 Å². The van der Waals surface area contributed by atoms with Gasteiger partial charge in [-0.1, -0.05) is 45.0 Å². The summed E-state index contributed by atoms with van der Waals surface area (Å²) in [6.45, 7) is 9.74. The summed E-state index contributed by atoms with van der Waals surface area (Å²) in [5.74, 6) is 0.553. The molecule has 1 aromatic rings. The highest BCUT2D eigenvalue weighted by molar-refractivity contribution is 5.36. The van der Waals surface area contributed by atoms with E-state index in [2.05, 4.69) is 50.4 Å². The molecule has 0 spiro atoms. The molecule has 3 atom stereocenters. The second-order valence-corrected chi connectivity index (χ2v) is 5.82. The van der Waals surface area contributed by atoms with Crippen molar-refractivity contribution < 1.29 is 9.47 Å². The van der Waals surface area contributed by atoms with Gasteiger partial charge in [-0.05, 0) is 36.4 Å². The fraction of sp³-hybridized carbons (Fsp3) is 0.667. The number of nitrogens with one attached hydrogen (secondary N) is 1.